The maximum atomic E-state index is 10.6. The second-order valence-corrected chi connectivity index (χ2v) is 12.8. The molecule has 1 unspecified atom stereocenters. The van der Waals surface area contributed by atoms with Gasteiger partial charge in [-0.25, -0.2) is 9.97 Å². The number of rotatable bonds is 8. The number of ether oxygens (including phenoxy) is 1. The Morgan fingerprint density at radius 2 is 2.10 bits per heavy atom. The van der Waals surface area contributed by atoms with Gasteiger partial charge in [-0.05, 0) is 45.3 Å². The van der Waals surface area contributed by atoms with E-state index in [1.54, 1.807) is 17.1 Å². The molecule has 0 saturated carbocycles. The van der Waals surface area contributed by atoms with E-state index in [0.717, 1.165) is 18.3 Å². The Balaban J connectivity index is 1.80. The first kappa shape index (κ1) is 22.0. The third-order valence-electron chi connectivity index (χ3n) is 5.39. The van der Waals surface area contributed by atoms with Crippen LogP contribution in [0.25, 0.3) is 11.2 Å². The lowest BCUT2D eigenvalue weighted by Crippen LogP contribution is -2.31. The number of nitrogens with one attached hydrogen (secondary N) is 1. The second-order valence-electron chi connectivity index (χ2n) is 8.46. The van der Waals surface area contributed by atoms with Gasteiger partial charge in [-0.1, -0.05) is 18.6 Å². The SMILES string of the molecule is C=P(C)(C)CCC1O[C@@H](n2cnc3c(NC/C=C(/C)CC)ccnc32)[C@H](O)[C@@H]1O. The fourth-order valence-electron chi connectivity index (χ4n) is 3.42. The molecule has 0 bridgehead atoms. The van der Waals surface area contributed by atoms with Crippen molar-refractivity contribution < 1.29 is 14.9 Å². The van der Waals surface area contributed by atoms with E-state index in [-0.39, 0.29) is 0 Å². The zero-order valence-electron chi connectivity index (χ0n) is 17.7. The van der Waals surface area contributed by atoms with Gasteiger partial charge in [0.1, 0.15) is 17.7 Å². The number of hydrogen-bond acceptors (Lipinski definition) is 6. The summed E-state index contributed by atoms with van der Waals surface area (Å²) < 4.78 is 7.76. The van der Waals surface area contributed by atoms with Crippen LogP contribution in [-0.2, 0) is 4.74 Å². The van der Waals surface area contributed by atoms with E-state index >= 15 is 0 Å². The number of nitrogens with zero attached hydrogens (tertiary/aromatic N) is 3. The number of aliphatic hydroxyl groups is 2. The van der Waals surface area contributed by atoms with Crippen LogP contribution in [0.5, 0.6) is 0 Å². The molecule has 3 rings (SSSR count). The van der Waals surface area contributed by atoms with Crippen LogP contribution in [0.15, 0.2) is 30.2 Å². The summed E-state index contributed by atoms with van der Waals surface area (Å²) in [7, 11) is 0. The van der Waals surface area contributed by atoms with Crippen LogP contribution in [0.1, 0.15) is 32.9 Å². The Morgan fingerprint density at radius 1 is 1.34 bits per heavy atom. The summed E-state index contributed by atoms with van der Waals surface area (Å²) in [5.41, 5.74) is 3.53. The van der Waals surface area contributed by atoms with E-state index in [1.807, 2.05) is 6.07 Å². The lowest BCUT2D eigenvalue weighted by Gasteiger charge is -2.18. The van der Waals surface area contributed by atoms with Crippen molar-refractivity contribution in [1.82, 2.24) is 14.5 Å². The molecule has 1 fully saturated rings. The first-order chi connectivity index (χ1) is 13.7. The summed E-state index contributed by atoms with van der Waals surface area (Å²) >= 11 is 0. The summed E-state index contributed by atoms with van der Waals surface area (Å²) in [4.78, 5) is 8.93. The maximum Gasteiger partial charge on any atom is 0.165 e. The quantitative estimate of drug-likeness (QED) is 0.449. The molecule has 4 atom stereocenters. The largest absolute Gasteiger partial charge is 0.388 e. The van der Waals surface area contributed by atoms with Crippen molar-refractivity contribution in [2.75, 3.05) is 31.4 Å². The molecule has 1 aliphatic rings. The monoisotopic (exact) mass is 420 g/mol. The Kier molecular flexibility index (Phi) is 6.84. The number of allylic oxidation sites excluding steroid dienone is 1. The van der Waals surface area contributed by atoms with Crippen LogP contribution >= 0.6 is 6.89 Å². The standard InChI is InChI=1S/C21H33N4O3P/c1-6-14(2)7-10-22-15-8-11-23-20-17(15)24-13-25(20)21-19(27)18(26)16(28-21)9-12-29(3,4)5/h7-8,11,13,16,18-19,21,26-27H,3,6,9-10,12H2,1-2,4-5H3,(H,22,23)/b14-7-/t16?,18-,19-,21-/m1/s1. The molecule has 0 spiro atoms. The van der Waals surface area contributed by atoms with Crippen LogP contribution in [0.4, 0.5) is 5.69 Å². The Bertz CT molecular complexity index is 920. The van der Waals surface area contributed by atoms with Gasteiger partial charge in [0.15, 0.2) is 11.9 Å². The average Bonchev–Trinajstić information content (AvgIpc) is 3.22. The Morgan fingerprint density at radius 3 is 2.79 bits per heavy atom. The summed E-state index contributed by atoms with van der Waals surface area (Å²) in [6.45, 7) is 8.03. The number of fused-ring (bicyclic) bond motifs is 1. The highest BCUT2D eigenvalue weighted by atomic mass is 31.2. The zero-order valence-corrected chi connectivity index (χ0v) is 18.6. The Labute approximate surface area is 172 Å². The van der Waals surface area contributed by atoms with Crippen molar-refractivity contribution in [3.05, 3.63) is 30.2 Å². The fraction of sp³-hybridized carbons (Fsp3) is 0.571. The number of aliphatic hydroxyl groups excluding tert-OH is 2. The van der Waals surface area contributed by atoms with Gasteiger partial charge in [0.05, 0.1) is 18.1 Å². The number of pyridine rings is 1. The van der Waals surface area contributed by atoms with Gasteiger partial charge >= 0.3 is 0 Å². The molecule has 8 heteroatoms. The predicted octanol–water partition coefficient (Wildman–Crippen LogP) is 2.92. The summed E-state index contributed by atoms with van der Waals surface area (Å²) in [6.07, 6.45) is 9.20. The molecule has 2 aromatic heterocycles. The number of imidazole rings is 1. The van der Waals surface area contributed by atoms with Crippen molar-refractivity contribution in [3.63, 3.8) is 0 Å². The number of aromatic nitrogens is 3. The highest BCUT2D eigenvalue weighted by Gasteiger charge is 2.44. The number of hydrogen-bond donors (Lipinski definition) is 3. The fourth-order valence-corrected chi connectivity index (χ4v) is 4.37. The smallest absolute Gasteiger partial charge is 0.165 e. The molecular weight excluding hydrogens is 387 g/mol. The van der Waals surface area contributed by atoms with Gasteiger partial charge < -0.3 is 20.3 Å². The second kappa shape index (κ2) is 9.00. The molecule has 160 valence electrons. The summed E-state index contributed by atoms with van der Waals surface area (Å²) in [6, 6.07) is 1.89. The Hall–Kier alpha value is -1.66. The van der Waals surface area contributed by atoms with Gasteiger partial charge in [0.2, 0.25) is 0 Å². The van der Waals surface area contributed by atoms with E-state index < -0.39 is 31.4 Å². The summed E-state index contributed by atoms with van der Waals surface area (Å²) in [5.74, 6) is 0. The molecule has 2 aromatic rings. The number of anilines is 1. The third kappa shape index (κ3) is 5.10. The van der Waals surface area contributed by atoms with Gasteiger partial charge in [-0.15, -0.1) is 13.2 Å². The average molecular weight is 420 g/mol. The van der Waals surface area contributed by atoms with Crippen molar-refractivity contribution in [1.29, 1.82) is 0 Å². The van der Waals surface area contributed by atoms with Gasteiger partial charge in [-0.2, -0.15) is 0 Å². The normalized spacial score (nSPS) is 25.7. The minimum atomic E-state index is -1.23. The van der Waals surface area contributed by atoms with Gasteiger partial charge in [0, 0.05) is 12.7 Å². The van der Waals surface area contributed by atoms with Crippen LogP contribution in [0.3, 0.4) is 0 Å². The van der Waals surface area contributed by atoms with E-state index in [2.05, 4.69) is 54.8 Å². The molecule has 0 amide bonds. The van der Waals surface area contributed by atoms with Crippen LogP contribution in [0, 0.1) is 0 Å². The van der Waals surface area contributed by atoms with E-state index in [4.69, 9.17) is 4.74 Å². The van der Waals surface area contributed by atoms with Crippen LogP contribution in [0.2, 0.25) is 0 Å². The van der Waals surface area contributed by atoms with Crippen molar-refractivity contribution in [2.24, 2.45) is 0 Å². The maximum absolute atomic E-state index is 10.6. The van der Waals surface area contributed by atoms with Crippen molar-refractivity contribution in [3.8, 4) is 0 Å². The zero-order chi connectivity index (χ0) is 21.2. The third-order valence-corrected chi connectivity index (χ3v) is 6.86. The molecule has 3 N–H and O–H groups in total. The van der Waals surface area contributed by atoms with Crippen molar-refractivity contribution in [2.45, 2.75) is 51.2 Å². The molecule has 7 nitrogen and oxygen atoms in total. The minimum absolute atomic E-state index is 0.420. The van der Waals surface area contributed by atoms with Crippen LogP contribution in [-0.4, -0.2) is 75.4 Å². The molecule has 0 aromatic carbocycles. The van der Waals surface area contributed by atoms with E-state index in [9.17, 15) is 10.2 Å². The molecule has 1 saturated heterocycles. The molecule has 3 heterocycles. The molecule has 0 radical (unpaired) electrons. The first-order valence-corrected chi connectivity index (χ1v) is 13.2. The lowest BCUT2D eigenvalue weighted by atomic mass is 10.1. The molecule has 1 aliphatic heterocycles. The molecular formula is C21H33N4O3P. The minimum Gasteiger partial charge on any atom is -0.388 e. The van der Waals surface area contributed by atoms with Gasteiger partial charge in [0.25, 0.3) is 0 Å². The molecule has 0 aliphatic carbocycles. The van der Waals surface area contributed by atoms with Gasteiger partial charge in [-0.3, -0.25) is 4.57 Å². The molecule has 29 heavy (non-hydrogen) atoms. The van der Waals surface area contributed by atoms with Crippen molar-refractivity contribution >= 4 is 30.0 Å². The first-order valence-electron chi connectivity index (χ1n) is 10.1. The lowest BCUT2D eigenvalue weighted by molar-refractivity contribution is -0.0353. The highest BCUT2D eigenvalue weighted by Crippen LogP contribution is 2.40. The predicted molar refractivity (Wildman–Crippen MR) is 121 cm³/mol. The van der Waals surface area contributed by atoms with Crippen LogP contribution < -0.4 is 5.32 Å². The van der Waals surface area contributed by atoms with E-state index in [1.165, 1.54) is 5.57 Å². The van der Waals surface area contributed by atoms with E-state index in [0.29, 0.717) is 24.1 Å². The topological polar surface area (TPSA) is 92.4 Å². The summed E-state index contributed by atoms with van der Waals surface area (Å²) in [5, 5.41) is 24.5. The highest BCUT2D eigenvalue weighted by molar-refractivity contribution is 7.72.